The van der Waals surface area contributed by atoms with Gasteiger partial charge >= 0.3 is 16.3 Å². The molecule has 0 bridgehead atoms. The number of carboxylic acid groups (broad SMARTS) is 1. The maximum atomic E-state index is 12.7. The van der Waals surface area contributed by atoms with E-state index in [1.54, 1.807) is 0 Å². The Morgan fingerprint density at radius 2 is 2.03 bits per heavy atom. The van der Waals surface area contributed by atoms with Crippen molar-refractivity contribution < 1.29 is 42.1 Å². The third-order valence-electron chi connectivity index (χ3n) is 4.16. The predicted molar refractivity (Wildman–Crippen MR) is 109 cm³/mol. The van der Waals surface area contributed by atoms with E-state index in [-0.39, 0.29) is 15.1 Å². The van der Waals surface area contributed by atoms with E-state index in [0.29, 0.717) is 0 Å². The number of amides is 3. The van der Waals surface area contributed by atoms with Gasteiger partial charge in [-0.05, 0) is 20.8 Å². The van der Waals surface area contributed by atoms with E-state index in [2.05, 4.69) is 20.8 Å². The summed E-state index contributed by atoms with van der Waals surface area (Å²) < 4.78 is 31.7. The van der Waals surface area contributed by atoms with Crippen molar-refractivity contribution in [2.45, 2.75) is 38.5 Å². The fourth-order valence-electron chi connectivity index (χ4n) is 2.48. The number of oxime groups is 1. The average molecular weight is 492 g/mol. The molecule has 1 aliphatic heterocycles. The summed E-state index contributed by atoms with van der Waals surface area (Å²) in [5.41, 5.74) is 3.32. The number of nitrogens with one attached hydrogen (secondary N) is 2. The molecule has 1 aromatic heterocycles. The molecule has 15 nitrogen and oxygen atoms in total. The molecule has 0 spiro atoms. The lowest BCUT2D eigenvalue weighted by atomic mass is 10.0. The van der Waals surface area contributed by atoms with Gasteiger partial charge in [0.15, 0.2) is 10.8 Å². The molecule has 1 aliphatic rings. The van der Waals surface area contributed by atoms with Gasteiger partial charge in [-0.25, -0.2) is 9.29 Å². The molecule has 0 saturated carbocycles. The highest BCUT2D eigenvalue weighted by molar-refractivity contribution is 7.84. The number of aromatic nitrogens is 1. The average Bonchev–Trinajstić information content (AvgIpc) is 3.09. The fourth-order valence-corrected chi connectivity index (χ4v) is 3.91. The Balaban J connectivity index is 2.23. The van der Waals surface area contributed by atoms with E-state index in [4.69, 9.17) is 20.2 Å². The minimum atomic E-state index is -4.79. The van der Waals surface area contributed by atoms with E-state index >= 15 is 0 Å². The smallest absolute Gasteiger partial charge is 0.362 e. The molecule has 32 heavy (non-hydrogen) atoms. The van der Waals surface area contributed by atoms with Crippen molar-refractivity contribution in [3.8, 4) is 0 Å². The molecule has 0 aromatic carbocycles. The van der Waals surface area contributed by atoms with Crippen LogP contribution in [0.1, 0.15) is 26.5 Å². The normalized spacial score (nSPS) is 19.2. The molecule has 6 N–H and O–H groups in total. The van der Waals surface area contributed by atoms with Crippen LogP contribution in [0.4, 0.5) is 5.13 Å². The van der Waals surface area contributed by atoms with E-state index in [0.717, 1.165) is 11.3 Å². The van der Waals surface area contributed by atoms with Gasteiger partial charge in [0.25, 0.3) is 17.7 Å². The van der Waals surface area contributed by atoms with Crippen LogP contribution in [0.25, 0.3) is 0 Å². The first-order chi connectivity index (χ1) is 14.6. The highest BCUT2D eigenvalue weighted by Crippen LogP contribution is 2.23. The zero-order valence-electron chi connectivity index (χ0n) is 16.9. The lowest BCUT2D eigenvalue weighted by molar-refractivity contribution is -0.146. The number of hydrogen-bond donors (Lipinski definition) is 5. The molecule has 2 atom stereocenters. The standard InChI is InChI=1S/C15H20N6O9S2/c1-6-9(12(25)21(6)32(27,28)29)19-11(24)10(7-5-31-14(16)18-7)20-30-15(2,3)13(26)17-4-8(22)23/h5-6,9H,4H2,1-3H3,(H2,16,18)(H,17,26)(H,19,24)(H,22,23)(H,27,28,29)/b20-10-/t6-,9-/m0/s1. The van der Waals surface area contributed by atoms with Crippen LogP contribution in [0.3, 0.4) is 0 Å². The molecule has 1 saturated heterocycles. The number of rotatable bonds is 9. The number of hydrogen-bond acceptors (Lipinski definition) is 11. The molecule has 1 fully saturated rings. The zero-order chi connectivity index (χ0) is 24.4. The second-order valence-electron chi connectivity index (χ2n) is 6.99. The molecule has 0 unspecified atom stereocenters. The van der Waals surface area contributed by atoms with Crippen LogP contribution in [-0.4, -0.2) is 81.0 Å². The van der Waals surface area contributed by atoms with Gasteiger partial charge in [-0.1, -0.05) is 5.16 Å². The van der Waals surface area contributed by atoms with Crippen molar-refractivity contribution in [3.05, 3.63) is 11.1 Å². The fraction of sp³-hybridized carbons (Fsp3) is 0.467. The SMILES string of the molecule is C[C@H]1[C@H](NC(=O)/C(=N\OC(C)(C)C(=O)NCC(=O)O)c2csc(N)n2)C(=O)N1S(=O)(=O)O. The molecular weight excluding hydrogens is 472 g/mol. The number of nitrogens with two attached hydrogens (primary N) is 1. The zero-order valence-corrected chi connectivity index (χ0v) is 18.6. The summed E-state index contributed by atoms with van der Waals surface area (Å²) >= 11 is 0.963. The third kappa shape index (κ3) is 5.48. The summed E-state index contributed by atoms with van der Waals surface area (Å²) in [6.45, 7) is 3.14. The van der Waals surface area contributed by atoms with Crippen LogP contribution in [0, 0.1) is 0 Å². The number of carbonyl (C=O) groups excluding carboxylic acids is 3. The topological polar surface area (TPSA) is 231 Å². The van der Waals surface area contributed by atoms with Crippen LogP contribution >= 0.6 is 11.3 Å². The van der Waals surface area contributed by atoms with Crippen molar-refractivity contribution in [1.29, 1.82) is 0 Å². The Kier molecular flexibility index (Phi) is 7.06. The first kappa shape index (κ1) is 25.0. The molecule has 0 radical (unpaired) electrons. The summed E-state index contributed by atoms with van der Waals surface area (Å²) in [6.07, 6.45) is 0. The van der Waals surface area contributed by atoms with Crippen molar-refractivity contribution in [1.82, 2.24) is 19.9 Å². The summed E-state index contributed by atoms with van der Waals surface area (Å²) in [6, 6.07) is -2.38. The first-order valence-corrected chi connectivity index (χ1v) is 11.0. The Labute approximate surface area is 185 Å². The summed E-state index contributed by atoms with van der Waals surface area (Å²) in [5.74, 6) is -4.20. The number of carbonyl (C=O) groups is 4. The maximum Gasteiger partial charge on any atom is 0.362 e. The Hall–Kier alpha value is -3.31. The van der Waals surface area contributed by atoms with Gasteiger partial charge in [-0.2, -0.15) is 8.42 Å². The Morgan fingerprint density at radius 3 is 2.50 bits per heavy atom. The van der Waals surface area contributed by atoms with Crippen LogP contribution in [-0.2, 0) is 34.3 Å². The van der Waals surface area contributed by atoms with E-state index < -0.39 is 63.9 Å². The molecule has 2 rings (SSSR count). The summed E-state index contributed by atoms with van der Waals surface area (Å²) in [5, 5.41) is 18.1. The molecule has 176 valence electrons. The monoisotopic (exact) mass is 492 g/mol. The second kappa shape index (κ2) is 9.05. The van der Waals surface area contributed by atoms with Crippen molar-refractivity contribution in [2.75, 3.05) is 12.3 Å². The lowest BCUT2D eigenvalue weighted by Gasteiger charge is -2.42. The van der Waals surface area contributed by atoms with Crippen molar-refractivity contribution in [3.63, 3.8) is 0 Å². The van der Waals surface area contributed by atoms with Crippen molar-refractivity contribution >= 4 is 56.2 Å². The summed E-state index contributed by atoms with van der Waals surface area (Å²) in [4.78, 5) is 56.5. The number of aliphatic carboxylic acids is 1. The number of nitrogen functional groups attached to an aromatic ring is 1. The quantitative estimate of drug-likeness (QED) is 0.109. The van der Waals surface area contributed by atoms with Gasteiger partial charge in [0.05, 0.1) is 6.04 Å². The van der Waals surface area contributed by atoms with Gasteiger partial charge in [-0.3, -0.25) is 23.7 Å². The number of nitrogens with zero attached hydrogens (tertiary/aromatic N) is 3. The van der Waals surface area contributed by atoms with Gasteiger partial charge in [0, 0.05) is 5.38 Å². The highest BCUT2D eigenvalue weighted by atomic mass is 32.2. The largest absolute Gasteiger partial charge is 0.480 e. The maximum absolute atomic E-state index is 12.7. The third-order valence-corrected chi connectivity index (χ3v) is 5.85. The first-order valence-electron chi connectivity index (χ1n) is 8.74. The minimum absolute atomic E-state index is 0.0576. The van der Waals surface area contributed by atoms with Crippen LogP contribution in [0.15, 0.2) is 10.5 Å². The van der Waals surface area contributed by atoms with Gasteiger partial charge < -0.3 is 26.3 Å². The molecule has 3 amide bonds. The lowest BCUT2D eigenvalue weighted by Crippen LogP contribution is -2.71. The Morgan fingerprint density at radius 1 is 1.41 bits per heavy atom. The number of anilines is 1. The number of β-lactam (4-membered cyclic amide) rings is 1. The molecule has 0 aliphatic carbocycles. The van der Waals surface area contributed by atoms with Gasteiger partial charge in [-0.15, -0.1) is 11.3 Å². The highest BCUT2D eigenvalue weighted by Gasteiger charge is 2.51. The van der Waals surface area contributed by atoms with Crippen LogP contribution in [0.5, 0.6) is 0 Å². The molecule has 17 heteroatoms. The summed E-state index contributed by atoms with van der Waals surface area (Å²) in [7, 11) is -4.79. The van der Waals surface area contributed by atoms with Crippen LogP contribution in [0.2, 0.25) is 0 Å². The number of thiazole rings is 1. The van der Waals surface area contributed by atoms with Crippen molar-refractivity contribution in [2.24, 2.45) is 5.16 Å². The number of carboxylic acids is 1. The second-order valence-corrected chi connectivity index (χ2v) is 9.17. The van der Waals surface area contributed by atoms with E-state index in [9.17, 15) is 27.6 Å². The molecular formula is C15H20N6O9S2. The van der Waals surface area contributed by atoms with E-state index in [1.807, 2.05) is 0 Å². The predicted octanol–water partition coefficient (Wildman–Crippen LogP) is -2.06. The molecule has 2 heterocycles. The van der Waals surface area contributed by atoms with Crippen LogP contribution < -0.4 is 16.4 Å². The van der Waals surface area contributed by atoms with Gasteiger partial charge in [0.1, 0.15) is 18.3 Å². The van der Waals surface area contributed by atoms with Gasteiger partial charge in [0.2, 0.25) is 5.60 Å². The minimum Gasteiger partial charge on any atom is -0.480 e. The van der Waals surface area contributed by atoms with E-state index in [1.165, 1.54) is 26.2 Å². The Bertz CT molecular complexity index is 1080. The molecule has 1 aromatic rings.